The number of hydrogen-bond donors (Lipinski definition) is 1. The Kier molecular flexibility index (Phi) is 3.25. The molecule has 0 aliphatic heterocycles. The summed E-state index contributed by atoms with van der Waals surface area (Å²) in [5, 5.41) is 9.90. The maximum Gasteiger partial charge on any atom is 0.263 e. The monoisotopic (exact) mass is 298 g/mol. The van der Waals surface area contributed by atoms with Crippen LogP contribution in [0.2, 0.25) is 5.15 Å². The third-order valence-electron chi connectivity index (χ3n) is 2.22. The van der Waals surface area contributed by atoms with E-state index in [0.717, 1.165) is 11.1 Å². The molecule has 0 saturated heterocycles. The van der Waals surface area contributed by atoms with Crippen LogP contribution >= 0.6 is 34.7 Å². The number of nitrogens with zero attached hydrogens (tertiary/aromatic N) is 2. The average molecular weight is 299 g/mol. The predicted molar refractivity (Wildman–Crippen MR) is 71.2 cm³/mol. The first-order valence-electron chi connectivity index (χ1n) is 5.06. The largest absolute Gasteiger partial charge is 0.431 e. The van der Waals surface area contributed by atoms with Crippen LogP contribution in [0.5, 0.6) is 0 Å². The Balaban J connectivity index is 1.91. The van der Waals surface area contributed by atoms with Crippen LogP contribution in [-0.4, -0.2) is 15.1 Å². The zero-order chi connectivity index (χ0) is 12.5. The van der Waals surface area contributed by atoms with Gasteiger partial charge in [-0.25, -0.2) is 9.97 Å². The quantitative estimate of drug-likeness (QED) is 0.801. The molecule has 3 rings (SSSR count). The van der Waals surface area contributed by atoms with Crippen molar-refractivity contribution in [1.82, 2.24) is 9.97 Å². The van der Waals surface area contributed by atoms with Crippen molar-refractivity contribution in [3.8, 4) is 0 Å². The number of aromatic nitrogens is 2. The van der Waals surface area contributed by atoms with Crippen LogP contribution in [0.4, 0.5) is 0 Å². The second kappa shape index (κ2) is 4.89. The van der Waals surface area contributed by atoms with Crippen molar-refractivity contribution in [2.24, 2.45) is 0 Å². The van der Waals surface area contributed by atoms with Gasteiger partial charge >= 0.3 is 0 Å². The van der Waals surface area contributed by atoms with Gasteiger partial charge in [0.15, 0.2) is 9.92 Å². The van der Waals surface area contributed by atoms with E-state index in [-0.39, 0.29) is 6.61 Å². The molecule has 0 amide bonds. The van der Waals surface area contributed by atoms with Gasteiger partial charge in [0.2, 0.25) is 0 Å². The van der Waals surface area contributed by atoms with Crippen LogP contribution in [-0.2, 0) is 6.61 Å². The maximum absolute atomic E-state index is 9.05. The van der Waals surface area contributed by atoms with Gasteiger partial charge in [-0.1, -0.05) is 23.7 Å². The molecule has 0 radical (unpaired) electrons. The second-order valence-electron chi connectivity index (χ2n) is 3.40. The lowest BCUT2D eigenvalue weighted by molar-refractivity contribution is 0.285. The van der Waals surface area contributed by atoms with E-state index in [1.807, 2.05) is 24.3 Å². The summed E-state index contributed by atoms with van der Waals surface area (Å²) in [5.41, 5.74) is 1.55. The first-order chi connectivity index (χ1) is 8.76. The molecule has 0 saturated carbocycles. The molecule has 2 heterocycles. The molecular weight excluding hydrogens is 292 g/mol. The SMILES string of the molecule is OCc1sc(Sc2nc3ccccc3o2)nc1Cl. The molecule has 2 aromatic heterocycles. The van der Waals surface area contributed by atoms with E-state index in [1.54, 1.807) is 0 Å². The lowest BCUT2D eigenvalue weighted by atomic mass is 10.3. The summed E-state index contributed by atoms with van der Waals surface area (Å²) in [6, 6.07) is 7.55. The van der Waals surface area contributed by atoms with Crippen molar-refractivity contribution in [2.75, 3.05) is 0 Å². The Bertz CT molecular complexity index is 662. The number of aliphatic hydroxyl groups is 1. The highest BCUT2D eigenvalue weighted by atomic mass is 35.5. The average Bonchev–Trinajstić information content (AvgIpc) is 2.92. The predicted octanol–water partition coefficient (Wildman–Crippen LogP) is 3.58. The van der Waals surface area contributed by atoms with Crippen molar-refractivity contribution in [3.05, 3.63) is 34.3 Å². The van der Waals surface area contributed by atoms with Crippen molar-refractivity contribution in [2.45, 2.75) is 16.2 Å². The summed E-state index contributed by atoms with van der Waals surface area (Å²) in [5.74, 6) is 0. The highest BCUT2D eigenvalue weighted by Crippen LogP contribution is 2.35. The minimum absolute atomic E-state index is 0.107. The van der Waals surface area contributed by atoms with Crippen LogP contribution in [0.1, 0.15) is 4.88 Å². The lowest BCUT2D eigenvalue weighted by Gasteiger charge is -1.87. The maximum atomic E-state index is 9.05. The standard InChI is InChI=1S/C11H7ClN2O2S2/c12-9-8(5-15)17-11(14-9)18-10-13-6-3-1-2-4-7(6)16-10/h1-4,15H,5H2. The molecule has 3 aromatic rings. The van der Waals surface area contributed by atoms with E-state index >= 15 is 0 Å². The second-order valence-corrected chi connectivity index (χ2v) is 6.04. The number of hydrogen-bond acceptors (Lipinski definition) is 6. The van der Waals surface area contributed by atoms with E-state index in [9.17, 15) is 0 Å². The van der Waals surface area contributed by atoms with Gasteiger partial charge in [-0.15, -0.1) is 11.3 Å². The fraction of sp³-hybridized carbons (Fsp3) is 0.0909. The van der Waals surface area contributed by atoms with Crippen LogP contribution in [0.15, 0.2) is 38.2 Å². The lowest BCUT2D eigenvalue weighted by Crippen LogP contribution is -1.75. The summed E-state index contributed by atoms with van der Waals surface area (Å²) < 4.78 is 6.27. The van der Waals surface area contributed by atoms with E-state index < -0.39 is 0 Å². The van der Waals surface area contributed by atoms with E-state index in [4.69, 9.17) is 21.1 Å². The molecule has 7 heteroatoms. The summed E-state index contributed by atoms with van der Waals surface area (Å²) >= 11 is 8.50. The summed E-state index contributed by atoms with van der Waals surface area (Å²) in [6.07, 6.45) is 0. The van der Waals surface area contributed by atoms with Gasteiger partial charge < -0.3 is 9.52 Å². The van der Waals surface area contributed by atoms with Crippen molar-refractivity contribution < 1.29 is 9.52 Å². The Hall–Kier alpha value is -1.08. The molecule has 18 heavy (non-hydrogen) atoms. The molecule has 1 aromatic carbocycles. The highest BCUT2D eigenvalue weighted by Gasteiger charge is 2.13. The third-order valence-corrected chi connectivity index (χ3v) is 4.60. The minimum Gasteiger partial charge on any atom is -0.431 e. The van der Waals surface area contributed by atoms with Crippen molar-refractivity contribution >= 4 is 45.8 Å². The topological polar surface area (TPSA) is 59.2 Å². The molecule has 0 atom stereocenters. The Morgan fingerprint density at radius 3 is 2.89 bits per heavy atom. The number of rotatable bonds is 3. The molecule has 0 fully saturated rings. The van der Waals surface area contributed by atoms with Gasteiger partial charge in [-0.05, 0) is 12.1 Å². The van der Waals surface area contributed by atoms with E-state index in [1.165, 1.54) is 23.1 Å². The fourth-order valence-corrected chi connectivity index (χ4v) is 3.57. The molecule has 0 aliphatic carbocycles. The molecule has 0 aliphatic rings. The van der Waals surface area contributed by atoms with Crippen molar-refractivity contribution in [3.63, 3.8) is 0 Å². The third kappa shape index (κ3) is 2.24. The number of halogens is 1. The van der Waals surface area contributed by atoms with Gasteiger partial charge in [-0.3, -0.25) is 0 Å². The number of fused-ring (bicyclic) bond motifs is 1. The molecule has 92 valence electrons. The van der Waals surface area contributed by atoms with E-state index in [0.29, 0.717) is 19.6 Å². The van der Waals surface area contributed by atoms with Crippen LogP contribution < -0.4 is 0 Å². The highest BCUT2D eigenvalue weighted by molar-refractivity contribution is 8.00. The number of benzene rings is 1. The van der Waals surface area contributed by atoms with Crippen LogP contribution in [0.3, 0.4) is 0 Å². The Labute approximate surface area is 116 Å². The van der Waals surface area contributed by atoms with Gasteiger partial charge in [0.25, 0.3) is 5.22 Å². The number of aliphatic hydroxyl groups excluding tert-OH is 1. The minimum atomic E-state index is -0.107. The first kappa shape index (κ1) is 12.0. The summed E-state index contributed by atoms with van der Waals surface area (Å²) in [7, 11) is 0. The number of para-hydroxylation sites is 2. The summed E-state index contributed by atoms with van der Waals surface area (Å²) in [6.45, 7) is -0.107. The van der Waals surface area contributed by atoms with Gasteiger partial charge in [0.1, 0.15) is 10.7 Å². The summed E-state index contributed by atoms with van der Waals surface area (Å²) in [4.78, 5) is 9.11. The molecule has 0 spiro atoms. The first-order valence-corrected chi connectivity index (χ1v) is 7.07. The van der Waals surface area contributed by atoms with Gasteiger partial charge in [0, 0.05) is 11.8 Å². The van der Waals surface area contributed by atoms with Gasteiger partial charge in [0.05, 0.1) is 11.5 Å². The number of oxazole rings is 1. The Morgan fingerprint density at radius 1 is 1.33 bits per heavy atom. The molecule has 1 N–H and O–H groups in total. The molecular formula is C11H7ClN2O2S2. The van der Waals surface area contributed by atoms with E-state index in [2.05, 4.69) is 9.97 Å². The van der Waals surface area contributed by atoms with Crippen molar-refractivity contribution in [1.29, 1.82) is 0 Å². The normalized spacial score (nSPS) is 11.2. The molecule has 0 bridgehead atoms. The van der Waals surface area contributed by atoms with Crippen LogP contribution in [0, 0.1) is 0 Å². The van der Waals surface area contributed by atoms with Gasteiger partial charge in [-0.2, -0.15) is 0 Å². The van der Waals surface area contributed by atoms with Crippen LogP contribution in [0.25, 0.3) is 11.1 Å². The number of thiazole rings is 1. The molecule has 4 nitrogen and oxygen atoms in total. The smallest absolute Gasteiger partial charge is 0.263 e. The fourth-order valence-electron chi connectivity index (χ4n) is 1.42. The molecule has 0 unspecified atom stereocenters. The zero-order valence-corrected chi connectivity index (χ0v) is 11.3. The zero-order valence-electron chi connectivity index (χ0n) is 8.96. The Morgan fingerprint density at radius 2 is 2.17 bits per heavy atom.